The van der Waals surface area contributed by atoms with Crippen LogP contribution in [0.1, 0.15) is 22.8 Å². The minimum absolute atomic E-state index is 0.139. The summed E-state index contributed by atoms with van der Waals surface area (Å²) in [6.45, 7) is 4.03. The van der Waals surface area contributed by atoms with Crippen LogP contribution >= 0.6 is 23.5 Å². The van der Waals surface area contributed by atoms with Gasteiger partial charge in [0.05, 0.1) is 5.03 Å². The highest BCUT2D eigenvalue weighted by molar-refractivity contribution is 7.99. The number of aryl methyl sites for hydroxylation is 1. The van der Waals surface area contributed by atoms with Gasteiger partial charge in [0.1, 0.15) is 0 Å². The first-order chi connectivity index (χ1) is 12.7. The summed E-state index contributed by atoms with van der Waals surface area (Å²) in [7, 11) is 0. The molecule has 1 N–H and O–H groups in total. The van der Waals surface area contributed by atoms with E-state index in [4.69, 9.17) is 0 Å². The van der Waals surface area contributed by atoms with Gasteiger partial charge in [-0.25, -0.2) is 15.0 Å². The second-order valence-corrected chi connectivity index (χ2v) is 7.71. The minimum Gasteiger partial charge on any atom is -0.322 e. The van der Waals surface area contributed by atoms with E-state index in [0.717, 1.165) is 26.9 Å². The van der Waals surface area contributed by atoms with Gasteiger partial charge in [0.2, 0.25) is 0 Å². The normalized spacial score (nSPS) is 10.5. The van der Waals surface area contributed by atoms with Crippen LogP contribution in [0.5, 0.6) is 0 Å². The summed E-state index contributed by atoms with van der Waals surface area (Å²) in [5.74, 6) is 0.779. The summed E-state index contributed by atoms with van der Waals surface area (Å²) in [6, 6.07) is 11.2. The smallest absolute Gasteiger partial charge is 0.255 e. The topological polar surface area (TPSA) is 67.8 Å². The number of carbonyl (C=O) groups is 1. The van der Waals surface area contributed by atoms with Crippen LogP contribution in [0.3, 0.4) is 0 Å². The van der Waals surface area contributed by atoms with Gasteiger partial charge >= 0.3 is 0 Å². The first kappa shape index (κ1) is 18.4. The lowest BCUT2D eigenvalue weighted by atomic mass is 10.2. The maximum absolute atomic E-state index is 12.5. The van der Waals surface area contributed by atoms with Gasteiger partial charge in [0.25, 0.3) is 5.91 Å². The molecule has 2 heterocycles. The minimum atomic E-state index is -0.139. The number of anilines is 1. The second kappa shape index (κ2) is 8.82. The third-order valence-corrected chi connectivity index (χ3v) is 5.18. The Morgan fingerprint density at radius 3 is 2.62 bits per heavy atom. The number of hydrogen-bond acceptors (Lipinski definition) is 6. The summed E-state index contributed by atoms with van der Waals surface area (Å²) in [6.07, 6.45) is 5.10. The van der Waals surface area contributed by atoms with Gasteiger partial charge in [-0.05, 0) is 66.4 Å². The van der Waals surface area contributed by atoms with E-state index < -0.39 is 0 Å². The van der Waals surface area contributed by atoms with Gasteiger partial charge in [-0.3, -0.25) is 4.79 Å². The van der Waals surface area contributed by atoms with Crippen molar-refractivity contribution in [2.45, 2.75) is 28.9 Å². The van der Waals surface area contributed by atoms with E-state index in [-0.39, 0.29) is 5.91 Å². The van der Waals surface area contributed by atoms with Crippen LogP contribution in [-0.4, -0.2) is 26.6 Å². The molecule has 0 radical (unpaired) electrons. The van der Waals surface area contributed by atoms with Crippen molar-refractivity contribution in [1.82, 2.24) is 15.0 Å². The molecular formula is C19H18N4OS2. The molecule has 0 aliphatic heterocycles. The number of benzene rings is 1. The Balaban J connectivity index is 1.71. The van der Waals surface area contributed by atoms with E-state index in [1.807, 2.05) is 31.2 Å². The molecule has 0 saturated carbocycles. The highest BCUT2D eigenvalue weighted by atomic mass is 32.2. The average Bonchev–Trinajstić information content (AvgIpc) is 2.65. The predicted molar refractivity (Wildman–Crippen MR) is 106 cm³/mol. The van der Waals surface area contributed by atoms with Crippen LogP contribution in [0, 0.1) is 6.92 Å². The number of rotatable bonds is 6. The zero-order valence-corrected chi connectivity index (χ0v) is 16.1. The maximum Gasteiger partial charge on any atom is 0.255 e. The second-order valence-electron chi connectivity index (χ2n) is 5.38. The first-order valence-corrected chi connectivity index (χ1v) is 9.91. The van der Waals surface area contributed by atoms with Crippen molar-refractivity contribution in [3.8, 4) is 0 Å². The molecule has 0 aliphatic carbocycles. The molecule has 0 aliphatic rings. The fourth-order valence-electron chi connectivity index (χ4n) is 2.26. The molecule has 7 heteroatoms. The highest BCUT2D eigenvalue weighted by Gasteiger charge is 2.10. The Labute approximate surface area is 161 Å². The summed E-state index contributed by atoms with van der Waals surface area (Å²) >= 11 is 3.10. The number of aromatic nitrogens is 3. The monoisotopic (exact) mass is 382 g/mol. The summed E-state index contributed by atoms with van der Waals surface area (Å²) in [4.78, 5) is 26.2. The lowest BCUT2D eigenvalue weighted by Gasteiger charge is -2.10. The lowest BCUT2D eigenvalue weighted by molar-refractivity contribution is 0.102. The van der Waals surface area contributed by atoms with Crippen LogP contribution in [0.2, 0.25) is 0 Å². The van der Waals surface area contributed by atoms with Gasteiger partial charge in [-0.2, -0.15) is 0 Å². The molecule has 0 saturated heterocycles. The Morgan fingerprint density at radius 2 is 1.88 bits per heavy atom. The molecule has 26 heavy (non-hydrogen) atoms. The van der Waals surface area contributed by atoms with Gasteiger partial charge in [-0.15, -0.1) is 11.8 Å². The molecule has 2 aromatic heterocycles. The Kier molecular flexibility index (Phi) is 6.25. The Hall–Kier alpha value is -2.38. The van der Waals surface area contributed by atoms with Crippen LogP contribution in [0.15, 0.2) is 70.1 Å². The van der Waals surface area contributed by atoms with E-state index in [9.17, 15) is 4.79 Å². The van der Waals surface area contributed by atoms with Gasteiger partial charge in [-0.1, -0.05) is 6.92 Å². The summed E-state index contributed by atoms with van der Waals surface area (Å²) in [5.41, 5.74) is 2.37. The third-order valence-electron chi connectivity index (χ3n) is 3.49. The van der Waals surface area contributed by atoms with Crippen LogP contribution in [0.25, 0.3) is 0 Å². The molecule has 5 nitrogen and oxygen atoms in total. The number of carbonyl (C=O) groups excluding carboxylic acids is 1. The van der Waals surface area contributed by atoms with Crippen molar-refractivity contribution in [2.75, 3.05) is 11.1 Å². The highest BCUT2D eigenvalue weighted by Crippen LogP contribution is 2.28. The third kappa shape index (κ3) is 4.83. The predicted octanol–water partition coefficient (Wildman–Crippen LogP) is 4.70. The van der Waals surface area contributed by atoms with Crippen molar-refractivity contribution in [3.63, 3.8) is 0 Å². The number of thioether (sulfide) groups is 1. The van der Waals surface area contributed by atoms with Crippen LogP contribution in [0.4, 0.5) is 5.69 Å². The fraction of sp³-hybridized carbons (Fsp3) is 0.158. The van der Waals surface area contributed by atoms with E-state index in [2.05, 4.69) is 27.2 Å². The number of amides is 1. The zero-order chi connectivity index (χ0) is 18.4. The molecule has 1 amide bonds. The fourth-order valence-corrected chi connectivity index (χ4v) is 3.71. The lowest BCUT2D eigenvalue weighted by Crippen LogP contribution is -2.13. The Morgan fingerprint density at radius 1 is 1.08 bits per heavy atom. The molecule has 3 rings (SSSR count). The molecule has 0 unspecified atom stereocenters. The van der Waals surface area contributed by atoms with Crippen molar-refractivity contribution >= 4 is 35.1 Å². The number of pyridine rings is 1. The van der Waals surface area contributed by atoms with Gasteiger partial charge in [0.15, 0.2) is 5.16 Å². The summed E-state index contributed by atoms with van der Waals surface area (Å²) in [5, 5.41) is 4.52. The SMILES string of the molecule is CCSc1cc(C(=O)Nc2ccc(Sc3ncccn3)cc2C)ccn1. The van der Waals surface area contributed by atoms with E-state index in [0.29, 0.717) is 10.7 Å². The van der Waals surface area contributed by atoms with Crippen LogP contribution in [-0.2, 0) is 0 Å². The van der Waals surface area contributed by atoms with Crippen molar-refractivity contribution < 1.29 is 4.79 Å². The molecule has 0 fully saturated rings. The Bertz CT molecular complexity index is 903. The van der Waals surface area contributed by atoms with Gasteiger partial charge < -0.3 is 5.32 Å². The molecular weight excluding hydrogens is 364 g/mol. The molecule has 132 valence electrons. The summed E-state index contributed by atoms with van der Waals surface area (Å²) < 4.78 is 0. The largest absolute Gasteiger partial charge is 0.322 e. The molecule has 0 spiro atoms. The molecule has 0 atom stereocenters. The standard InChI is InChI=1S/C19H18N4OS2/c1-3-25-17-12-14(7-10-20-17)18(24)23-16-6-5-15(11-13(16)2)26-19-21-8-4-9-22-19/h4-12H,3H2,1-2H3,(H,23,24). The average molecular weight is 383 g/mol. The van der Waals surface area contributed by atoms with E-state index in [1.54, 1.807) is 42.5 Å². The molecule has 3 aromatic rings. The number of nitrogens with zero attached hydrogens (tertiary/aromatic N) is 3. The van der Waals surface area contributed by atoms with E-state index in [1.165, 1.54) is 11.8 Å². The van der Waals surface area contributed by atoms with Crippen LogP contribution < -0.4 is 5.32 Å². The maximum atomic E-state index is 12.5. The number of nitrogens with one attached hydrogen (secondary N) is 1. The molecule has 0 bridgehead atoms. The number of hydrogen-bond donors (Lipinski definition) is 1. The molecule has 1 aromatic carbocycles. The van der Waals surface area contributed by atoms with Crippen molar-refractivity contribution in [2.24, 2.45) is 0 Å². The van der Waals surface area contributed by atoms with E-state index >= 15 is 0 Å². The zero-order valence-electron chi connectivity index (χ0n) is 14.5. The quantitative estimate of drug-likeness (QED) is 0.492. The first-order valence-electron chi connectivity index (χ1n) is 8.11. The van der Waals surface area contributed by atoms with Crippen molar-refractivity contribution in [1.29, 1.82) is 0 Å². The van der Waals surface area contributed by atoms with Gasteiger partial charge in [0, 0.05) is 34.7 Å². The van der Waals surface area contributed by atoms with Crippen molar-refractivity contribution in [3.05, 3.63) is 66.1 Å².